The molecule has 9 heteroatoms. The second-order valence-electron chi connectivity index (χ2n) is 5.92. The summed E-state index contributed by atoms with van der Waals surface area (Å²) in [5.74, 6) is 0.0170. The van der Waals surface area contributed by atoms with Crippen LogP contribution in [0.25, 0.3) is 0 Å². The van der Waals surface area contributed by atoms with E-state index in [4.69, 9.17) is 0 Å². The Kier molecular flexibility index (Phi) is 4.81. The summed E-state index contributed by atoms with van der Waals surface area (Å²) in [5.41, 5.74) is 2.00. The SMILES string of the molecule is CC(=O)c1ccc(N2CCN(S(=O)(=O)c3sc(=O)[nH]c3C)CC2)cc1. The van der Waals surface area contributed by atoms with Gasteiger partial charge < -0.3 is 9.88 Å². The number of carbonyl (C=O) groups is 1. The number of piperazine rings is 1. The van der Waals surface area contributed by atoms with Gasteiger partial charge in [-0.2, -0.15) is 4.31 Å². The molecule has 0 atom stereocenters. The maximum atomic E-state index is 12.7. The van der Waals surface area contributed by atoms with E-state index in [2.05, 4.69) is 9.88 Å². The van der Waals surface area contributed by atoms with Gasteiger partial charge in [0.2, 0.25) is 0 Å². The molecule has 2 aromatic rings. The molecule has 0 bridgehead atoms. The van der Waals surface area contributed by atoms with Crippen molar-refractivity contribution in [2.45, 2.75) is 18.1 Å². The lowest BCUT2D eigenvalue weighted by atomic mass is 10.1. The molecular formula is C16H19N3O4S2. The number of Topliss-reactive ketones (excluding diaryl/α,β-unsaturated/α-hetero) is 1. The number of aromatic nitrogens is 1. The van der Waals surface area contributed by atoms with Gasteiger partial charge in [-0.1, -0.05) is 11.3 Å². The smallest absolute Gasteiger partial charge is 0.305 e. The highest BCUT2D eigenvalue weighted by atomic mass is 32.2. The van der Waals surface area contributed by atoms with Gasteiger partial charge in [-0.25, -0.2) is 8.42 Å². The third-order valence-corrected chi connectivity index (χ3v) is 7.71. The number of rotatable bonds is 4. The second-order valence-corrected chi connectivity index (χ2v) is 9.04. The molecule has 25 heavy (non-hydrogen) atoms. The number of benzene rings is 1. The zero-order valence-corrected chi connectivity index (χ0v) is 15.6. The monoisotopic (exact) mass is 381 g/mol. The molecule has 134 valence electrons. The molecule has 1 aliphatic rings. The number of aromatic amines is 1. The van der Waals surface area contributed by atoms with Crippen LogP contribution in [-0.2, 0) is 10.0 Å². The van der Waals surface area contributed by atoms with Crippen molar-refractivity contribution in [3.8, 4) is 0 Å². The fraction of sp³-hybridized carbons (Fsp3) is 0.375. The lowest BCUT2D eigenvalue weighted by molar-refractivity contribution is 0.101. The maximum absolute atomic E-state index is 12.7. The first-order valence-electron chi connectivity index (χ1n) is 7.85. The summed E-state index contributed by atoms with van der Waals surface area (Å²) in [6, 6.07) is 7.31. The van der Waals surface area contributed by atoms with Crippen molar-refractivity contribution >= 4 is 32.8 Å². The largest absolute Gasteiger partial charge is 0.369 e. The number of aryl methyl sites for hydroxylation is 1. The van der Waals surface area contributed by atoms with Crippen LogP contribution >= 0.6 is 11.3 Å². The van der Waals surface area contributed by atoms with Crippen LogP contribution in [0.1, 0.15) is 23.0 Å². The summed E-state index contributed by atoms with van der Waals surface area (Å²) in [6.07, 6.45) is 0. The highest BCUT2D eigenvalue weighted by molar-refractivity contribution is 7.91. The number of sulfonamides is 1. The van der Waals surface area contributed by atoms with Crippen LogP contribution in [0.15, 0.2) is 33.3 Å². The van der Waals surface area contributed by atoms with Crippen molar-refractivity contribution in [3.63, 3.8) is 0 Å². The van der Waals surface area contributed by atoms with Crippen molar-refractivity contribution in [2.75, 3.05) is 31.1 Å². The standard InChI is InChI=1S/C16H19N3O4S2/c1-11-15(24-16(21)17-11)25(22,23)19-9-7-18(8-10-19)14-5-3-13(4-6-14)12(2)20/h3-6H,7-10H2,1-2H3,(H,17,21). The first-order valence-corrected chi connectivity index (χ1v) is 10.1. The van der Waals surface area contributed by atoms with E-state index in [1.165, 1.54) is 11.2 Å². The maximum Gasteiger partial charge on any atom is 0.305 e. The van der Waals surface area contributed by atoms with Crippen molar-refractivity contribution in [1.29, 1.82) is 0 Å². The zero-order chi connectivity index (χ0) is 18.2. The summed E-state index contributed by atoms with van der Waals surface area (Å²) in [5, 5.41) is 0. The van der Waals surface area contributed by atoms with Gasteiger partial charge in [-0.3, -0.25) is 9.59 Å². The van der Waals surface area contributed by atoms with E-state index in [1.54, 1.807) is 19.1 Å². The van der Waals surface area contributed by atoms with Crippen molar-refractivity contribution < 1.29 is 13.2 Å². The molecular weight excluding hydrogens is 362 g/mol. The predicted octanol–water partition coefficient (Wildman–Crippen LogP) is 1.46. The summed E-state index contributed by atoms with van der Waals surface area (Å²) < 4.78 is 26.9. The van der Waals surface area contributed by atoms with Crippen LogP contribution in [-0.4, -0.2) is 49.7 Å². The minimum absolute atomic E-state index is 0.0170. The second kappa shape index (κ2) is 6.74. The van der Waals surface area contributed by atoms with Crippen molar-refractivity contribution in [2.24, 2.45) is 0 Å². The minimum Gasteiger partial charge on any atom is -0.369 e. The fourth-order valence-corrected chi connectivity index (χ4v) is 5.71. The molecule has 1 aromatic carbocycles. The molecule has 2 heterocycles. The van der Waals surface area contributed by atoms with Gasteiger partial charge in [0, 0.05) is 43.1 Å². The zero-order valence-electron chi connectivity index (χ0n) is 14.0. The van der Waals surface area contributed by atoms with Gasteiger partial charge in [-0.15, -0.1) is 0 Å². The van der Waals surface area contributed by atoms with Crippen LogP contribution in [0, 0.1) is 6.92 Å². The molecule has 0 unspecified atom stereocenters. The number of hydrogen-bond donors (Lipinski definition) is 1. The van der Waals surface area contributed by atoms with Crippen LogP contribution in [0.3, 0.4) is 0 Å². The van der Waals surface area contributed by atoms with Crippen LogP contribution in [0.2, 0.25) is 0 Å². The Bertz CT molecular complexity index is 937. The summed E-state index contributed by atoms with van der Waals surface area (Å²) in [7, 11) is -3.65. The van der Waals surface area contributed by atoms with E-state index in [9.17, 15) is 18.0 Å². The van der Waals surface area contributed by atoms with Gasteiger partial charge in [-0.05, 0) is 38.1 Å². The number of thiazole rings is 1. The Morgan fingerprint density at radius 3 is 2.20 bits per heavy atom. The van der Waals surface area contributed by atoms with Crippen LogP contribution in [0.4, 0.5) is 5.69 Å². The molecule has 7 nitrogen and oxygen atoms in total. The average Bonchev–Trinajstić information content (AvgIpc) is 2.94. The number of H-pyrrole nitrogens is 1. The Labute approximate surface area is 150 Å². The molecule has 1 fully saturated rings. The minimum atomic E-state index is -3.65. The summed E-state index contributed by atoms with van der Waals surface area (Å²) >= 11 is 0.730. The first-order chi connectivity index (χ1) is 11.8. The van der Waals surface area contributed by atoms with Gasteiger partial charge in [0.25, 0.3) is 10.0 Å². The Hall–Kier alpha value is -1.97. The average molecular weight is 381 g/mol. The topological polar surface area (TPSA) is 90.6 Å². The van der Waals surface area contributed by atoms with E-state index < -0.39 is 10.0 Å². The molecule has 1 N–H and O–H groups in total. The Morgan fingerprint density at radius 1 is 1.12 bits per heavy atom. The molecule has 0 aliphatic carbocycles. The molecule has 1 aliphatic heterocycles. The van der Waals surface area contributed by atoms with E-state index in [1.807, 2.05) is 12.1 Å². The molecule has 1 saturated heterocycles. The lowest BCUT2D eigenvalue weighted by Gasteiger charge is -2.35. The quantitative estimate of drug-likeness (QED) is 0.810. The normalized spacial score (nSPS) is 16.2. The molecule has 3 rings (SSSR count). The van der Waals surface area contributed by atoms with Gasteiger partial charge in [0.1, 0.15) is 0 Å². The number of carbonyl (C=O) groups excluding carboxylic acids is 1. The number of nitrogens with zero attached hydrogens (tertiary/aromatic N) is 2. The fourth-order valence-electron chi connectivity index (χ4n) is 2.85. The Morgan fingerprint density at radius 2 is 1.72 bits per heavy atom. The first kappa shape index (κ1) is 17.8. The number of ketones is 1. The molecule has 1 aromatic heterocycles. The van der Waals surface area contributed by atoms with Crippen molar-refractivity contribution in [1.82, 2.24) is 9.29 Å². The van der Waals surface area contributed by atoms with E-state index in [-0.39, 0.29) is 14.9 Å². The molecule has 0 radical (unpaired) electrons. The summed E-state index contributed by atoms with van der Waals surface area (Å²) in [6.45, 7) is 4.92. The van der Waals surface area contributed by atoms with Crippen LogP contribution in [0.5, 0.6) is 0 Å². The summed E-state index contributed by atoms with van der Waals surface area (Å²) in [4.78, 5) is 27.0. The highest BCUT2D eigenvalue weighted by Crippen LogP contribution is 2.24. The lowest BCUT2D eigenvalue weighted by Crippen LogP contribution is -2.48. The van der Waals surface area contributed by atoms with Gasteiger partial charge in [0.15, 0.2) is 9.99 Å². The van der Waals surface area contributed by atoms with E-state index >= 15 is 0 Å². The third kappa shape index (κ3) is 3.53. The third-order valence-electron chi connectivity index (χ3n) is 4.23. The predicted molar refractivity (Wildman–Crippen MR) is 97.1 cm³/mol. The van der Waals surface area contributed by atoms with E-state index in [0.29, 0.717) is 37.4 Å². The van der Waals surface area contributed by atoms with Gasteiger partial charge in [0.05, 0.1) is 0 Å². The highest BCUT2D eigenvalue weighted by Gasteiger charge is 2.31. The molecule has 0 amide bonds. The number of hydrogen-bond acceptors (Lipinski definition) is 6. The van der Waals surface area contributed by atoms with Crippen LogP contribution < -0.4 is 9.77 Å². The molecule has 0 saturated carbocycles. The number of nitrogens with one attached hydrogen (secondary N) is 1. The molecule has 0 spiro atoms. The van der Waals surface area contributed by atoms with E-state index in [0.717, 1.165) is 17.0 Å². The van der Waals surface area contributed by atoms with Gasteiger partial charge >= 0.3 is 4.87 Å². The van der Waals surface area contributed by atoms with Crippen molar-refractivity contribution in [3.05, 3.63) is 45.2 Å². The number of anilines is 1. The Balaban J connectivity index is 1.72.